The van der Waals surface area contributed by atoms with Gasteiger partial charge in [-0.15, -0.1) is 0 Å². The Bertz CT molecular complexity index is 1460. The van der Waals surface area contributed by atoms with E-state index in [-0.39, 0.29) is 142 Å². The molecule has 0 spiro atoms. The van der Waals surface area contributed by atoms with E-state index in [0.717, 1.165) is 51.7 Å². The molecule has 26 nitrogen and oxygen atoms in total. The Balaban J connectivity index is -0.000000904. The molecule has 0 aromatic heterocycles. The van der Waals surface area contributed by atoms with Crippen molar-refractivity contribution in [3.05, 3.63) is 0 Å². The first kappa shape index (κ1) is 105. The highest BCUT2D eigenvalue weighted by Gasteiger charge is 2.17. The van der Waals surface area contributed by atoms with E-state index in [9.17, 15) is 10.2 Å². The fourth-order valence-corrected chi connectivity index (χ4v) is 8.05. The minimum atomic E-state index is -0.886. The number of hydrogen-bond acceptors (Lipinski definition) is 26. The molecular weight excluding hydrogens is 1300 g/mol. The summed E-state index contributed by atoms with van der Waals surface area (Å²) in [7, 11) is 0. The monoisotopic (exact) mass is 1460 g/mol. The van der Waals surface area contributed by atoms with E-state index in [0.29, 0.717) is 169 Å². The average molecular weight is 1460 g/mol. The third-order valence-electron chi connectivity index (χ3n) is 14.9. The fourth-order valence-electron chi connectivity index (χ4n) is 8.05. The summed E-state index contributed by atoms with van der Waals surface area (Å²) in [5.74, 6) is 3.06. The molecule has 0 saturated heterocycles. The summed E-state index contributed by atoms with van der Waals surface area (Å²) >= 11 is 0. The summed E-state index contributed by atoms with van der Waals surface area (Å²) < 4.78 is 125. The van der Waals surface area contributed by atoms with E-state index < -0.39 is 12.2 Å². The molecule has 0 aliphatic rings. The van der Waals surface area contributed by atoms with Gasteiger partial charge in [-0.2, -0.15) is 0 Å². The first-order valence-electron chi connectivity index (χ1n) is 36.7. The molecule has 100 heavy (non-hydrogen) atoms. The smallest absolute Gasteiger partial charge is 0.146 e. The van der Waals surface area contributed by atoms with E-state index in [1.807, 2.05) is 13.8 Å². The number of ether oxygens (including phenoxy) is 22. The summed E-state index contributed by atoms with van der Waals surface area (Å²) in [4.78, 5) is 0. The highest BCUT2D eigenvalue weighted by atomic mass is 16.7. The van der Waals surface area contributed by atoms with Crippen LogP contribution in [-0.4, -0.2) is 283 Å². The van der Waals surface area contributed by atoms with E-state index >= 15 is 0 Å². The van der Waals surface area contributed by atoms with Gasteiger partial charge in [-0.1, -0.05) is 138 Å². The molecule has 0 heterocycles. The molecule has 0 aromatic rings. The predicted molar refractivity (Wildman–Crippen MR) is 388 cm³/mol. The summed E-state index contributed by atoms with van der Waals surface area (Å²) in [5.41, 5.74) is 0. The molecule has 16 atom stereocenters. The lowest BCUT2D eigenvalue weighted by molar-refractivity contribution is -0.126. The highest BCUT2D eigenvalue weighted by molar-refractivity contribution is 4.62. The van der Waals surface area contributed by atoms with Crippen LogP contribution in [0.2, 0.25) is 0 Å². The minimum Gasteiger partial charge on any atom is -0.394 e. The van der Waals surface area contributed by atoms with Crippen molar-refractivity contribution in [1.82, 2.24) is 0 Å². The Labute approximate surface area is 608 Å². The second-order valence-corrected chi connectivity index (χ2v) is 26.9. The van der Waals surface area contributed by atoms with Crippen molar-refractivity contribution in [3.8, 4) is 0 Å². The van der Waals surface area contributed by atoms with Crippen molar-refractivity contribution in [1.29, 1.82) is 0 Å². The van der Waals surface area contributed by atoms with Gasteiger partial charge in [0.15, 0.2) is 0 Å². The van der Waals surface area contributed by atoms with Gasteiger partial charge < -0.3 is 125 Å². The quantitative estimate of drug-likeness (QED) is 0.0325. The molecule has 16 unspecified atom stereocenters. The molecule has 0 fully saturated rings. The lowest BCUT2D eigenvalue weighted by Gasteiger charge is -2.21. The Morgan fingerprint density at radius 3 is 0.510 bits per heavy atom. The molecule has 4 N–H and O–H groups in total. The van der Waals surface area contributed by atoms with Crippen molar-refractivity contribution in [2.24, 2.45) is 59.2 Å². The average Bonchev–Trinajstić information content (AvgIpc) is 1.76. The minimum absolute atomic E-state index is 0. The maximum absolute atomic E-state index is 9.24. The molecule has 0 bridgehead atoms. The number of hydrogen-bond donors (Lipinski definition) is 4. The van der Waals surface area contributed by atoms with Crippen LogP contribution in [0.15, 0.2) is 0 Å². The van der Waals surface area contributed by atoms with Gasteiger partial charge in [0.05, 0.1) is 196 Å². The third-order valence-corrected chi connectivity index (χ3v) is 14.9. The largest absolute Gasteiger partial charge is 0.394 e. The molecule has 608 valence electrons. The molecule has 0 aliphatic heterocycles. The van der Waals surface area contributed by atoms with Crippen LogP contribution in [0.1, 0.15) is 164 Å². The summed E-state index contributed by atoms with van der Waals surface area (Å²) in [6.07, 6.45) is 3.65. The van der Waals surface area contributed by atoms with Crippen LogP contribution in [-0.2, 0) is 104 Å². The van der Waals surface area contributed by atoms with Crippen molar-refractivity contribution in [2.45, 2.75) is 201 Å². The molecule has 0 rings (SSSR count). The number of rotatable bonds is 76. The lowest BCUT2D eigenvalue weighted by Crippen LogP contribution is -2.26. The maximum Gasteiger partial charge on any atom is 0.146 e. The zero-order valence-corrected chi connectivity index (χ0v) is 64.3. The zero-order valence-electron chi connectivity index (χ0n) is 64.3. The zero-order chi connectivity index (χ0) is 73.1. The second kappa shape index (κ2) is 77.6. The van der Waals surface area contributed by atoms with E-state index in [2.05, 4.69) is 96.9 Å². The van der Waals surface area contributed by atoms with Gasteiger partial charge in [0.1, 0.15) is 66.6 Å². The normalized spacial score (nSPS) is 16.7. The predicted octanol–water partition coefficient (Wildman–Crippen LogP) is 10.3. The van der Waals surface area contributed by atoms with Gasteiger partial charge in [-0.05, 0) is 37.5 Å². The van der Waals surface area contributed by atoms with Gasteiger partial charge in [-0.25, -0.2) is 0 Å². The van der Waals surface area contributed by atoms with Crippen LogP contribution in [0.25, 0.3) is 0 Å². The van der Waals surface area contributed by atoms with Crippen LogP contribution < -0.4 is 0 Å². The molecule has 0 amide bonds. The molecule has 0 saturated carbocycles. The van der Waals surface area contributed by atoms with Gasteiger partial charge >= 0.3 is 0 Å². The van der Waals surface area contributed by atoms with Crippen LogP contribution in [0.3, 0.4) is 0 Å². The summed E-state index contributed by atoms with van der Waals surface area (Å²) in [6, 6.07) is 0. The third kappa shape index (κ3) is 72.5. The molecule has 0 radical (unpaired) electrons. The molecule has 0 aliphatic carbocycles. The lowest BCUT2D eigenvalue weighted by atomic mass is 10.1. The Hall–Kier alpha value is -1.04. The second-order valence-electron chi connectivity index (χ2n) is 26.9. The van der Waals surface area contributed by atoms with Gasteiger partial charge in [-0.3, -0.25) is 0 Å². The van der Waals surface area contributed by atoms with E-state index in [1.165, 1.54) is 0 Å². The van der Waals surface area contributed by atoms with Crippen LogP contribution in [0, 0.1) is 59.2 Å². The van der Waals surface area contributed by atoms with Crippen molar-refractivity contribution in [2.75, 3.05) is 226 Å². The van der Waals surface area contributed by atoms with Gasteiger partial charge in [0, 0.05) is 47.3 Å². The van der Waals surface area contributed by atoms with Crippen LogP contribution in [0.5, 0.6) is 0 Å². The fraction of sp³-hybridized carbons (Fsp3) is 1.00. The molecule has 0 aromatic carbocycles. The van der Waals surface area contributed by atoms with Crippen LogP contribution >= 0.6 is 0 Å². The van der Waals surface area contributed by atoms with Crippen molar-refractivity contribution >= 4 is 0 Å². The van der Waals surface area contributed by atoms with Crippen LogP contribution in [0.4, 0.5) is 0 Å². The van der Waals surface area contributed by atoms with Crippen molar-refractivity contribution < 1.29 is 125 Å². The van der Waals surface area contributed by atoms with E-state index in [4.69, 9.17) is 114 Å². The first-order chi connectivity index (χ1) is 47.3. The molecule has 26 heteroatoms. The van der Waals surface area contributed by atoms with Gasteiger partial charge in [0.2, 0.25) is 0 Å². The first-order valence-corrected chi connectivity index (χ1v) is 36.7. The number of aliphatic hydroxyl groups is 4. The number of aliphatic hydroxyl groups excluding tert-OH is 4. The standard InChI is InChI=1S/2C36H74O13.2CH4/c2*1-9-29(4)13-40-25-41-16-30(5)14-39-15-31(6)17-42-26-43-18-32(7)20-48-35(10-2)23-46-28-47-24-36(11-3)49-21-33(8)19-44-27-45-22-34(38)12-37;;/h2*29-38H,9-28H2,1-8H3;2*1H4. The highest BCUT2D eigenvalue weighted by Crippen LogP contribution is 2.12. The summed E-state index contributed by atoms with van der Waals surface area (Å²) in [5, 5.41) is 36.0. The topological polar surface area (TPSA) is 284 Å². The Morgan fingerprint density at radius 1 is 0.190 bits per heavy atom. The van der Waals surface area contributed by atoms with E-state index in [1.54, 1.807) is 0 Å². The van der Waals surface area contributed by atoms with Gasteiger partial charge in [0.25, 0.3) is 0 Å². The summed E-state index contributed by atoms with van der Waals surface area (Å²) in [6.45, 7) is 47.1. The Kier molecular flexibility index (Phi) is 81.7. The van der Waals surface area contributed by atoms with Crippen molar-refractivity contribution in [3.63, 3.8) is 0 Å². The Morgan fingerprint density at radius 2 is 0.340 bits per heavy atom. The maximum atomic E-state index is 9.24. The SMILES string of the molecule is C.C.CCC(C)COCOCC(C)COCC(C)COCOCC(C)COC(CC)COCOCC(CC)OCC(C)COCOCC(O)CO.CCC(C)COCOCC(C)COCC(C)COCOCC(C)COC(CC)COCOCC(CC)OCC(C)COCOCC(O)CO. The molecular formula is C74H156O26.